The molecule has 23 heavy (non-hydrogen) atoms. The van der Waals surface area contributed by atoms with Crippen molar-refractivity contribution < 1.29 is 14.7 Å². The number of carboxylic acid groups (broad SMARTS) is 1. The highest BCUT2D eigenvalue weighted by Crippen LogP contribution is 2.34. The molecule has 2 aromatic rings. The lowest BCUT2D eigenvalue weighted by Crippen LogP contribution is -2.11. The van der Waals surface area contributed by atoms with Gasteiger partial charge in [0.15, 0.2) is 0 Å². The van der Waals surface area contributed by atoms with Gasteiger partial charge < -0.3 is 10.4 Å². The Bertz CT molecular complexity index is 796. The molecule has 0 spiro atoms. The number of para-hydroxylation sites is 1. The van der Waals surface area contributed by atoms with Crippen molar-refractivity contribution in [2.45, 2.75) is 19.3 Å². The number of carboxylic acids is 1. The van der Waals surface area contributed by atoms with Crippen LogP contribution in [-0.2, 0) is 4.79 Å². The molecule has 2 heterocycles. The second-order valence-electron chi connectivity index (χ2n) is 5.32. The van der Waals surface area contributed by atoms with E-state index >= 15 is 0 Å². The number of aromatic nitrogens is 1. The van der Waals surface area contributed by atoms with E-state index < -0.39 is 5.97 Å². The third-order valence-corrected chi connectivity index (χ3v) is 3.76. The molecule has 0 saturated carbocycles. The van der Waals surface area contributed by atoms with Gasteiger partial charge in [0.1, 0.15) is 0 Å². The minimum atomic E-state index is -0.802. The number of amides is 1. The summed E-state index contributed by atoms with van der Waals surface area (Å²) in [5, 5.41) is 11.7. The van der Waals surface area contributed by atoms with Crippen molar-refractivity contribution in [1.29, 1.82) is 0 Å². The molecule has 1 amide bonds. The van der Waals surface area contributed by atoms with Crippen LogP contribution in [0.2, 0.25) is 0 Å². The lowest BCUT2D eigenvalue weighted by atomic mass is 9.94. The number of rotatable bonds is 4. The Morgan fingerprint density at radius 1 is 1.17 bits per heavy atom. The van der Waals surface area contributed by atoms with E-state index in [2.05, 4.69) is 10.3 Å². The average molecular weight is 308 g/mol. The lowest BCUT2D eigenvalue weighted by Gasteiger charge is -2.10. The summed E-state index contributed by atoms with van der Waals surface area (Å²) in [6.07, 6.45) is 6.57. The second-order valence-corrected chi connectivity index (χ2v) is 5.32. The van der Waals surface area contributed by atoms with Gasteiger partial charge in [0, 0.05) is 35.6 Å². The Hall–Kier alpha value is -2.95. The number of carbonyl (C=O) groups is 2. The lowest BCUT2D eigenvalue weighted by molar-refractivity contribution is -0.137. The Balaban J connectivity index is 2.05. The molecule has 2 N–H and O–H groups in total. The van der Waals surface area contributed by atoms with Crippen LogP contribution in [0.25, 0.3) is 5.57 Å². The van der Waals surface area contributed by atoms with E-state index in [9.17, 15) is 9.59 Å². The number of benzene rings is 1. The van der Waals surface area contributed by atoms with Gasteiger partial charge in [0.2, 0.25) is 0 Å². The molecular weight excluding hydrogens is 292 g/mol. The fourth-order valence-corrected chi connectivity index (χ4v) is 2.69. The zero-order valence-corrected chi connectivity index (χ0v) is 12.5. The van der Waals surface area contributed by atoms with Crippen LogP contribution in [0, 0.1) is 0 Å². The van der Waals surface area contributed by atoms with E-state index in [1.165, 1.54) is 0 Å². The monoisotopic (exact) mass is 308 g/mol. The number of nitrogens with zero attached hydrogens (tertiary/aromatic N) is 1. The van der Waals surface area contributed by atoms with Crippen molar-refractivity contribution >= 4 is 23.1 Å². The van der Waals surface area contributed by atoms with Gasteiger partial charge in [-0.05, 0) is 30.5 Å². The summed E-state index contributed by atoms with van der Waals surface area (Å²) in [5.41, 5.74) is 3.92. The largest absolute Gasteiger partial charge is 0.481 e. The van der Waals surface area contributed by atoms with Crippen LogP contribution in [0.5, 0.6) is 0 Å². The van der Waals surface area contributed by atoms with Crippen molar-refractivity contribution in [1.82, 2.24) is 4.98 Å². The summed E-state index contributed by atoms with van der Waals surface area (Å²) < 4.78 is 0. The first-order chi connectivity index (χ1) is 11.2. The molecule has 0 unspecified atom stereocenters. The molecule has 116 valence electrons. The smallest absolute Gasteiger partial charge is 0.303 e. The number of aliphatic carboxylic acids is 1. The van der Waals surface area contributed by atoms with Crippen LogP contribution in [0.4, 0.5) is 5.69 Å². The zero-order chi connectivity index (χ0) is 16.2. The summed E-state index contributed by atoms with van der Waals surface area (Å²) in [6.45, 7) is 0. The molecule has 5 nitrogen and oxygen atoms in total. The molecule has 1 aromatic heterocycles. The molecule has 1 aliphatic heterocycles. The Kier molecular flexibility index (Phi) is 4.19. The highest BCUT2D eigenvalue weighted by Gasteiger charge is 2.22. The van der Waals surface area contributed by atoms with E-state index in [4.69, 9.17) is 5.11 Å². The van der Waals surface area contributed by atoms with Gasteiger partial charge in [-0.25, -0.2) is 0 Å². The number of hydrogen-bond acceptors (Lipinski definition) is 3. The Morgan fingerprint density at radius 3 is 2.83 bits per heavy atom. The normalized spacial score (nSPS) is 14.6. The topological polar surface area (TPSA) is 79.3 Å². The number of allylic oxidation sites excluding steroid dienone is 1. The zero-order valence-electron chi connectivity index (χ0n) is 12.5. The Morgan fingerprint density at radius 2 is 2.00 bits per heavy atom. The first-order valence-electron chi connectivity index (χ1n) is 7.44. The predicted molar refractivity (Wildman–Crippen MR) is 87.2 cm³/mol. The van der Waals surface area contributed by atoms with E-state index in [1.54, 1.807) is 18.5 Å². The molecule has 0 bridgehead atoms. The molecule has 0 radical (unpaired) electrons. The molecule has 3 rings (SSSR count). The number of unbranched alkanes of at least 4 members (excludes halogenated alkanes) is 1. The van der Waals surface area contributed by atoms with Gasteiger partial charge in [-0.3, -0.25) is 14.6 Å². The maximum absolute atomic E-state index is 12.4. The fraction of sp³-hybridized carbons (Fsp3) is 0.167. The van der Waals surface area contributed by atoms with Gasteiger partial charge in [-0.2, -0.15) is 0 Å². The first-order valence-corrected chi connectivity index (χ1v) is 7.44. The van der Waals surface area contributed by atoms with Crippen LogP contribution >= 0.6 is 0 Å². The van der Waals surface area contributed by atoms with Crippen molar-refractivity contribution in [3.05, 3.63) is 65.5 Å². The van der Waals surface area contributed by atoms with Gasteiger partial charge >= 0.3 is 5.97 Å². The Labute approximate surface area is 133 Å². The summed E-state index contributed by atoms with van der Waals surface area (Å²) >= 11 is 0. The number of nitrogens with one attached hydrogen (secondary N) is 1. The van der Waals surface area contributed by atoms with Crippen LogP contribution in [0.15, 0.2) is 48.8 Å². The third-order valence-electron chi connectivity index (χ3n) is 3.76. The molecule has 1 aromatic carbocycles. The minimum absolute atomic E-state index is 0.127. The number of carbonyl (C=O) groups excluding carboxylic acids is 1. The number of fused-ring (bicyclic) bond motifs is 2. The summed E-state index contributed by atoms with van der Waals surface area (Å²) in [5.74, 6) is -0.965. The molecule has 1 aliphatic rings. The number of pyridine rings is 1. The van der Waals surface area contributed by atoms with Crippen LogP contribution < -0.4 is 5.32 Å². The molecule has 5 heteroatoms. The quantitative estimate of drug-likeness (QED) is 0.849. The number of hydrogen-bond donors (Lipinski definition) is 2. The van der Waals surface area contributed by atoms with E-state index in [1.807, 2.05) is 30.3 Å². The standard InChI is InChI=1S/C18H16N2O3/c21-17(22)8-4-2-5-12-13-6-1-3-7-16(13)20-18(23)14-9-10-19-11-15(12)14/h1,3,5-7,9-11H,2,4,8H2,(H,20,23)(H,21,22). The van der Waals surface area contributed by atoms with E-state index in [0.717, 1.165) is 22.4 Å². The van der Waals surface area contributed by atoms with Crippen LogP contribution in [0.1, 0.15) is 40.7 Å². The SMILES string of the molecule is O=C(O)CCCC=C1c2ccccc2NC(=O)c2ccncc21. The maximum Gasteiger partial charge on any atom is 0.303 e. The highest BCUT2D eigenvalue weighted by molar-refractivity contribution is 6.12. The minimum Gasteiger partial charge on any atom is -0.481 e. The van der Waals surface area contributed by atoms with Gasteiger partial charge in [-0.15, -0.1) is 0 Å². The maximum atomic E-state index is 12.4. The van der Waals surface area contributed by atoms with Crippen LogP contribution in [-0.4, -0.2) is 22.0 Å². The number of anilines is 1. The second kappa shape index (κ2) is 6.44. The van der Waals surface area contributed by atoms with E-state index in [0.29, 0.717) is 18.4 Å². The van der Waals surface area contributed by atoms with Gasteiger partial charge in [0.05, 0.1) is 5.56 Å². The molecule has 0 aliphatic carbocycles. The predicted octanol–water partition coefficient (Wildman–Crippen LogP) is 3.33. The summed E-state index contributed by atoms with van der Waals surface area (Å²) in [7, 11) is 0. The fourth-order valence-electron chi connectivity index (χ4n) is 2.69. The molecule has 0 atom stereocenters. The van der Waals surface area contributed by atoms with Gasteiger partial charge in [-0.1, -0.05) is 24.3 Å². The van der Waals surface area contributed by atoms with Crippen molar-refractivity contribution in [3.8, 4) is 0 Å². The average Bonchev–Trinajstić information content (AvgIpc) is 2.66. The van der Waals surface area contributed by atoms with E-state index in [-0.39, 0.29) is 12.3 Å². The molecule has 0 fully saturated rings. The van der Waals surface area contributed by atoms with Gasteiger partial charge in [0.25, 0.3) is 5.91 Å². The summed E-state index contributed by atoms with van der Waals surface area (Å²) in [4.78, 5) is 27.2. The van der Waals surface area contributed by atoms with Crippen molar-refractivity contribution in [2.24, 2.45) is 0 Å². The van der Waals surface area contributed by atoms with Crippen molar-refractivity contribution in [2.75, 3.05) is 5.32 Å². The van der Waals surface area contributed by atoms with Crippen LogP contribution in [0.3, 0.4) is 0 Å². The highest BCUT2D eigenvalue weighted by atomic mass is 16.4. The first kappa shape index (κ1) is 15.0. The molecule has 0 saturated heterocycles. The summed E-state index contributed by atoms with van der Waals surface area (Å²) in [6, 6.07) is 9.28. The molecular formula is C18H16N2O3. The third kappa shape index (κ3) is 3.13. The van der Waals surface area contributed by atoms with Crippen molar-refractivity contribution in [3.63, 3.8) is 0 Å².